The molecular weight excluding hydrogens is 340 g/mol. The molecule has 1 fully saturated rings. The molecule has 1 aromatic heterocycles. The molecule has 1 atom stereocenters. The van der Waals surface area contributed by atoms with Crippen LogP contribution in [0.15, 0.2) is 42.6 Å². The SMILES string of the molecule is CC(=O)N[C@H](CC(=O)Nc1cccnc1N1CCCC1)c1ccc(C)cc1. The summed E-state index contributed by atoms with van der Waals surface area (Å²) in [6.45, 7) is 5.38. The molecule has 2 aromatic rings. The zero-order valence-electron chi connectivity index (χ0n) is 15.9. The largest absolute Gasteiger partial charge is 0.355 e. The first-order valence-electron chi connectivity index (χ1n) is 9.36. The standard InChI is InChI=1S/C21H26N4O2/c1-15-7-9-17(10-8-15)19(23-16(2)26)14-20(27)24-18-6-5-11-22-21(18)25-12-3-4-13-25/h5-11,19H,3-4,12-14H2,1-2H3,(H,23,26)(H,24,27)/t19-/m1/s1. The molecule has 1 aliphatic heterocycles. The summed E-state index contributed by atoms with van der Waals surface area (Å²) in [5, 5.41) is 5.85. The number of anilines is 2. The molecule has 1 aliphatic rings. The van der Waals surface area contributed by atoms with Crippen LogP contribution in [0.25, 0.3) is 0 Å². The van der Waals surface area contributed by atoms with Gasteiger partial charge in [0, 0.05) is 26.2 Å². The minimum absolute atomic E-state index is 0.150. The first-order chi connectivity index (χ1) is 13.0. The molecule has 1 aromatic carbocycles. The quantitative estimate of drug-likeness (QED) is 0.823. The number of carbonyl (C=O) groups is 2. The Kier molecular flexibility index (Phi) is 6.06. The van der Waals surface area contributed by atoms with Gasteiger partial charge >= 0.3 is 0 Å². The summed E-state index contributed by atoms with van der Waals surface area (Å²) in [7, 11) is 0. The summed E-state index contributed by atoms with van der Waals surface area (Å²) < 4.78 is 0. The van der Waals surface area contributed by atoms with Crippen molar-refractivity contribution in [3.63, 3.8) is 0 Å². The number of aromatic nitrogens is 1. The minimum atomic E-state index is -0.366. The van der Waals surface area contributed by atoms with E-state index in [1.807, 2.05) is 43.3 Å². The van der Waals surface area contributed by atoms with Crippen molar-refractivity contribution >= 4 is 23.3 Å². The van der Waals surface area contributed by atoms with Gasteiger partial charge in [-0.15, -0.1) is 0 Å². The molecule has 2 amide bonds. The summed E-state index contributed by atoms with van der Waals surface area (Å²) in [5.41, 5.74) is 2.77. The molecule has 2 heterocycles. The second-order valence-electron chi connectivity index (χ2n) is 6.98. The average Bonchev–Trinajstić information content (AvgIpc) is 3.16. The number of pyridine rings is 1. The van der Waals surface area contributed by atoms with Crippen LogP contribution in [0.3, 0.4) is 0 Å². The highest BCUT2D eigenvalue weighted by molar-refractivity contribution is 5.94. The van der Waals surface area contributed by atoms with Crippen molar-refractivity contribution in [3.8, 4) is 0 Å². The average molecular weight is 366 g/mol. The van der Waals surface area contributed by atoms with E-state index in [9.17, 15) is 9.59 Å². The minimum Gasteiger partial charge on any atom is -0.355 e. The van der Waals surface area contributed by atoms with Crippen LogP contribution in [0.4, 0.5) is 11.5 Å². The van der Waals surface area contributed by atoms with E-state index >= 15 is 0 Å². The molecule has 3 rings (SSSR count). The van der Waals surface area contributed by atoms with Gasteiger partial charge in [0.1, 0.15) is 0 Å². The third-order valence-corrected chi connectivity index (χ3v) is 4.71. The molecule has 0 spiro atoms. The second kappa shape index (κ2) is 8.66. The zero-order valence-corrected chi connectivity index (χ0v) is 15.9. The van der Waals surface area contributed by atoms with E-state index < -0.39 is 0 Å². The van der Waals surface area contributed by atoms with Gasteiger partial charge in [-0.2, -0.15) is 0 Å². The number of hydrogen-bond acceptors (Lipinski definition) is 4. The van der Waals surface area contributed by atoms with Crippen LogP contribution >= 0.6 is 0 Å². The lowest BCUT2D eigenvalue weighted by Gasteiger charge is -2.21. The summed E-state index contributed by atoms with van der Waals surface area (Å²) in [5.74, 6) is 0.505. The molecule has 0 aliphatic carbocycles. The predicted molar refractivity (Wildman–Crippen MR) is 107 cm³/mol. The van der Waals surface area contributed by atoms with Crippen LogP contribution in [0.5, 0.6) is 0 Å². The Labute approximate surface area is 160 Å². The van der Waals surface area contributed by atoms with E-state index in [2.05, 4.69) is 20.5 Å². The smallest absolute Gasteiger partial charge is 0.226 e. The van der Waals surface area contributed by atoms with E-state index in [1.165, 1.54) is 6.92 Å². The number of benzene rings is 1. The van der Waals surface area contributed by atoms with Crippen molar-refractivity contribution in [2.45, 2.75) is 39.2 Å². The van der Waals surface area contributed by atoms with E-state index in [1.54, 1.807) is 6.20 Å². The number of carbonyl (C=O) groups excluding carboxylic acids is 2. The Morgan fingerprint density at radius 1 is 1.15 bits per heavy atom. The Balaban J connectivity index is 1.73. The van der Waals surface area contributed by atoms with E-state index in [4.69, 9.17) is 0 Å². The van der Waals surface area contributed by atoms with Crippen molar-refractivity contribution in [2.24, 2.45) is 0 Å². The fourth-order valence-electron chi connectivity index (χ4n) is 3.36. The number of hydrogen-bond donors (Lipinski definition) is 2. The predicted octanol–water partition coefficient (Wildman–Crippen LogP) is 3.20. The maximum atomic E-state index is 12.7. The monoisotopic (exact) mass is 366 g/mol. The Bertz CT molecular complexity index is 798. The number of rotatable bonds is 6. The molecule has 0 saturated carbocycles. The van der Waals surface area contributed by atoms with Crippen molar-refractivity contribution in [3.05, 3.63) is 53.7 Å². The van der Waals surface area contributed by atoms with Crippen molar-refractivity contribution < 1.29 is 9.59 Å². The van der Waals surface area contributed by atoms with Gasteiger partial charge in [0.15, 0.2) is 5.82 Å². The molecule has 1 saturated heterocycles. The third-order valence-electron chi connectivity index (χ3n) is 4.71. The van der Waals surface area contributed by atoms with Crippen molar-refractivity contribution in [1.82, 2.24) is 10.3 Å². The maximum absolute atomic E-state index is 12.7. The van der Waals surface area contributed by atoms with Gasteiger partial charge in [-0.05, 0) is 37.5 Å². The van der Waals surface area contributed by atoms with Crippen LogP contribution in [-0.2, 0) is 9.59 Å². The summed E-state index contributed by atoms with van der Waals surface area (Å²) in [6, 6.07) is 11.2. The van der Waals surface area contributed by atoms with Gasteiger partial charge in [-0.3, -0.25) is 9.59 Å². The lowest BCUT2D eigenvalue weighted by atomic mass is 10.0. The van der Waals surface area contributed by atoms with Crippen LogP contribution in [0.2, 0.25) is 0 Å². The van der Waals surface area contributed by atoms with E-state index in [-0.39, 0.29) is 24.3 Å². The lowest BCUT2D eigenvalue weighted by molar-refractivity contribution is -0.120. The molecule has 0 radical (unpaired) electrons. The van der Waals surface area contributed by atoms with Gasteiger partial charge in [0.05, 0.1) is 18.2 Å². The fraction of sp³-hybridized carbons (Fsp3) is 0.381. The first-order valence-corrected chi connectivity index (χ1v) is 9.36. The van der Waals surface area contributed by atoms with Gasteiger partial charge in [-0.25, -0.2) is 4.98 Å². The molecule has 2 N–H and O–H groups in total. The zero-order chi connectivity index (χ0) is 19.2. The number of nitrogens with one attached hydrogen (secondary N) is 2. The molecule has 142 valence electrons. The fourth-order valence-corrected chi connectivity index (χ4v) is 3.36. The third kappa shape index (κ3) is 5.06. The van der Waals surface area contributed by atoms with Crippen LogP contribution < -0.4 is 15.5 Å². The van der Waals surface area contributed by atoms with Crippen LogP contribution in [-0.4, -0.2) is 29.9 Å². The Hall–Kier alpha value is -2.89. The molecule has 6 heteroatoms. The highest BCUT2D eigenvalue weighted by Gasteiger charge is 2.21. The van der Waals surface area contributed by atoms with Crippen LogP contribution in [0, 0.1) is 6.92 Å². The summed E-state index contributed by atoms with van der Waals surface area (Å²) >= 11 is 0. The second-order valence-corrected chi connectivity index (χ2v) is 6.98. The topological polar surface area (TPSA) is 74.3 Å². The number of nitrogens with zero attached hydrogens (tertiary/aromatic N) is 2. The first kappa shape index (κ1) is 18.9. The molecular formula is C21H26N4O2. The Morgan fingerprint density at radius 2 is 1.85 bits per heavy atom. The van der Waals surface area contributed by atoms with Gasteiger partial charge < -0.3 is 15.5 Å². The highest BCUT2D eigenvalue weighted by atomic mass is 16.2. The number of aryl methyl sites for hydroxylation is 1. The highest BCUT2D eigenvalue weighted by Crippen LogP contribution is 2.27. The van der Waals surface area contributed by atoms with Gasteiger partial charge in [0.2, 0.25) is 11.8 Å². The summed E-state index contributed by atoms with van der Waals surface area (Å²) in [6.07, 6.45) is 4.19. The molecule has 0 unspecified atom stereocenters. The van der Waals surface area contributed by atoms with Crippen molar-refractivity contribution in [2.75, 3.05) is 23.3 Å². The van der Waals surface area contributed by atoms with Gasteiger partial charge in [-0.1, -0.05) is 29.8 Å². The number of amides is 2. The van der Waals surface area contributed by atoms with Crippen molar-refractivity contribution in [1.29, 1.82) is 0 Å². The van der Waals surface area contributed by atoms with Crippen LogP contribution in [0.1, 0.15) is 43.4 Å². The van der Waals surface area contributed by atoms with E-state index in [0.717, 1.165) is 48.6 Å². The summed E-state index contributed by atoms with van der Waals surface area (Å²) in [4.78, 5) is 31.0. The lowest BCUT2D eigenvalue weighted by Crippen LogP contribution is -2.30. The molecule has 0 bridgehead atoms. The van der Waals surface area contributed by atoms with Gasteiger partial charge in [0.25, 0.3) is 0 Å². The molecule has 27 heavy (non-hydrogen) atoms. The Morgan fingerprint density at radius 3 is 2.52 bits per heavy atom. The maximum Gasteiger partial charge on any atom is 0.226 e. The van der Waals surface area contributed by atoms with E-state index in [0.29, 0.717) is 0 Å². The molecule has 6 nitrogen and oxygen atoms in total. The normalized spacial score (nSPS) is 14.7.